The molecule has 1 saturated heterocycles. The Hall–Kier alpha value is -2.69. The Morgan fingerprint density at radius 1 is 1.04 bits per heavy atom. The Balaban J connectivity index is 1.60. The lowest BCUT2D eigenvalue weighted by atomic mass is 10.2. The van der Waals surface area contributed by atoms with Crippen LogP contribution in [-0.2, 0) is 4.79 Å². The molecule has 0 N–H and O–H groups in total. The number of carbonyl (C=O) groups excluding carboxylic acids is 1. The van der Waals surface area contributed by atoms with Crippen molar-refractivity contribution in [1.82, 2.24) is 0 Å². The molecule has 0 aromatic heterocycles. The summed E-state index contributed by atoms with van der Waals surface area (Å²) in [4.78, 5) is 16.4. The number of likely N-dealkylation sites (N-methyl/N-ethyl adjacent to an activating group) is 1. The van der Waals surface area contributed by atoms with Gasteiger partial charge in [0.1, 0.15) is 0 Å². The van der Waals surface area contributed by atoms with E-state index in [1.807, 2.05) is 24.3 Å². The molecule has 0 spiro atoms. The molecular weight excluding hydrogens is 316 g/mol. The van der Waals surface area contributed by atoms with Gasteiger partial charge in [0.2, 0.25) is 0 Å². The molecule has 0 aliphatic carbocycles. The van der Waals surface area contributed by atoms with Gasteiger partial charge in [-0.3, -0.25) is 4.79 Å². The van der Waals surface area contributed by atoms with Crippen molar-refractivity contribution in [2.75, 3.05) is 43.7 Å². The first kappa shape index (κ1) is 17.1. The van der Waals surface area contributed by atoms with E-state index in [9.17, 15) is 4.79 Å². The molecule has 25 heavy (non-hydrogen) atoms. The third-order valence-electron chi connectivity index (χ3n) is 4.50. The van der Waals surface area contributed by atoms with E-state index in [1.165, 1.54) is 18.5 Å². The maximum absolute atomic E-state index is 12.4. The summed E-state index contributed by atoms with van der Waals surface area (Å²) in [5.41, 5.74) is 2.07. The van der Waals surface area contributed by atoms with Crippen LogP contribution in [0.3, 0.4) is 0 Å². The van der Waals surface area contributed by atoms with Crippen LogP contribution >= 0.6 is 0 Å². The van der Waals surface area contributed by atoms with Gasteiger partial charge in [0.15, 0.2) is 18.1 Å². The highest BCUT2D eigenvalue weighted by molar-refractivity contribution is 5.94. The third kappa shape index (κ3) is 4.05. The van der Waals surface area contributed by atoms with Crippen molar-refractivity contribution < 1.29 is 14.3 Å². The summed E-state index contributed by atoms with van der Waals surface area (Å²) in [6.45, 7) is 2.19. The van der Waals surface area contributed by atoms with E-state index >= 15 is 0 Å². The van der Waals surface area contributed by atoms with Crippen LogP contribution in [-0.4, -0.2) is 39.8 Å². The minimum absolute atomic E-state index is 0.0370. The fourth-order valence-electron chi connectivity index (χ4n) is 2.98. The Kier molecular flexibility index (Phi) is 5.43. The predicted octanol–water partition coefficient (Wildman–Crippen LogP) is 3.34. The summed E-state index contributed by atoms with van der Waals surface area (Å²) in [6, 6.07) is 15.4. The van der Waals surface area contributed by atoms with Gasteiger partial charge in [-0.05, 0) is 49.2 Å². The summed E-state index contributed by atoms with van der Waals surface area (Å²) >= 11 is 0. The lowest BCUT2D eigenvalue weighted by Gasteiger charge is -2.21. The first-order valence-electron chi connectivity index (χ1n) is 8.56. The number of carbonyl (C=O) groups is 1. The van der Waals surface area contributed by atoms with Crippen molar-refractivity contribution in [3.8, 4) is 11.5 Å². The Morgan fingerprint density at radius 2 is 1.68 bits per heavy atom. The second kappa shape index (κ2) is 7.92. The molecule has 0 radical (unpaired) electrons. The molecule has 1 aliphatic heterocycles. The second-order valence-electron chi connectivity index (χ2n) is 6.10. The van der Waals surface area contributed by atoms with Gasteiger partial charge in [-0.25, -0.2) is 0 Å². The van der Waals surface area contributed by atoms with E-state index in [4.69, 9.17) is 9.47 Å². The van der Waals surface area contributed by atoms with Crippen LogP contribution in [0.15, 0.2) is 48.5 Å². The van der Waals surface area contributed by atoms with Gasteiger partial charge in [0.25, 0.3) is 5.91 Å². The number of para-hydroxylation sites is 2. The molecule has 5 heteroatoms. The van der Waals surface area contributed by atoms with Crippen LogP contribution in [0.1, 0.15) is 12.8 Å². The number of hydrogen-bond acceptors (Lipinski definition) is 4. The van der Waals surface area contributed by atoms with Crippen molar-refractivity contribution in [3.05, 3.63) is 48.5 Å². The van der Waals surface area contributed by atoms with E-state index in [0.717, 1.165) is 18.8 Å². The summed E-state index contributed by atoms with van der Waals surface area (Å²) in [5.74, 6) is 1.07. The van der Waals surface area contributed by atoms with Crippen LogP contribution in [0.4, 0.5) is 11.4 Å². The molecule has 2 aromatic carbocycles. The largest absolute Gasteiger partial charge is 0.493 e. The van der Waals surface area contributed by atoms with Crippen molar-refractivity contribution >= 4 is 17.3 Å². The van der Waals surface area contributed by atoms with Crippen molar-refractivity contribution in [3.63, 3.8) is 0 Å². The van der Waals surface area contributed by atoms with E-state index in [1.54, 1.807) is 31.2 Å². The van der Waals surface area contributed by atoms with Crippen molar-refractivity contribution in [2.45, 2.75) is 12.8 Å². The molecule has 0 atom stereocenters. The number of rotatable bonds is 6. The normalized spacial score (nSPS) is 13.6. The first-order chi connectivity index (χ1) is 12.2. The van der Waals surface area contributed by atoms with E-state index in [-0.39, 0.29) is 12.5 Å². The van der Waals surface area contributed by atoms with Gasteiger partial charge in [-0.15, -0.1) is 0 Å². The number of benzene rings is 2. The molecule has 2 aromatic rings. The van der Waals surface area contributed by atoms with Gasteiger partial charge >= 0.3 is 0 Å². The molecule has 1 amide bonds. The molecular formula is C20H24N2O3. The van der Waals surface area contributed by atoms with Gasteiger partial charge in [-0.2, -0.15) is 0 Å². The molecule has 0 saturated carbocycles. The lowest BCUT2D eigenvalue weighted by Crippen LogP contribution is -2.31. The maximum Gasteiger partial charge on any atom is 0.264 e. The highest BCUT2D eigenvalue weighted by atomic mass is 16.5. The fraction of sp³-hybridized carbons (Fsp3) is 0.350. The van der Waals surface area contributed by atoms with Gasteiger partial charge in [0, 0.05) is 31.5 Å². The minimum atomic E-state index is -0.111. The molecule has 0 unspecified atom stereocenters. The Bertz CT molecular complexity index is 709. The van der Waals surface area contributed by atoms with Crippen LogP contribution in [0.25, 0.3) is 0 Å². The zero-order valence-corrected chi connectivity index (χ0v) is 14.8. The summed E-state index contributed by atoms with van der Waals surface area (Å²) < 4.78 is 10.8. The third-order valence-corrected chi connectivity index (χ3v) is 4.50. The average Bonchev–Trinajstić information content (AvgIpc) is 3.20. The van der Waals surface area contributed by atoms with Crippen LogP contribution in [0.2, 0.25) is 0 Å². The zero-order chi connectivity index (χ0) is 17.6. The Labute approximate surface area is 148 Å². The minimum Gasteiger partial charge on any atom is -0.493 e. The summed E-state index contributed by atoms with van der Waals surface area (Å²) in [6.07, 6.45) is 2.50. The van der Waals surface area contributed by atoms with E-state index in [0.29, 0.717) is 11.5 Å². The van der Waals surface area contributed by atoms with Crippen LogP contribution in [0.5, 0.6) is 11.5 Å². The lowest BCUT2D eigenvalue weighted by molar-refractivity contribution is -0.120. The molecule has 1 fully saturated rings. The number of nitrogens with zero attached hydrogens (tertiary/aromatic N) is 2. The van der Waals surface area contributed by atoms with E-state index in [2.05, 4.69) is 17.0 Å². The summed E-state index contributed by atoms with van der Waals surface area (Å²) in [7, 11) is 3.34. The number of ether oxygens (including phenoxy) is 2. The Morgan fingerprint density at radius 3 is 2.32 bits per heavy atom. The van der Waals surface area contributed by atoms with Crippen molar-refractivity contribution in [2.24, 2.45) is 0 Å². The average molecular weight is 340 g/mol. The molecule has 3 rings (SSSR count). The van der Waals surface area contributed by atoms with Gasteiger partial charge in [-0.1, -0.05) is 12.1 Å². The number of anilines is 2. The molecule has 1 aliphatic rings. The first-order valence-corrected chi connectivity index (χ1v) is 8.56. The molecule has 132 valence electrons. The highest BCUT2D eigenvalue weighted by Gasteiger charge is 2.15. The standard InChI is InChI=1S/C20H24N2O3/c1-21(16-9-11-17(12-10-16)22-13-5-6-14-22)20(23)15-25-19-8-4-3-7-18(19)24-2/h3-4,7-12H,5-6,13-15H2,1-2H3. The quantitative estimate of drug-likeness (QED) is 0.809. The topological polar surface area (TPSA) is 42.0 Å². The number of amides is 1. The highest BCUT2D eigenvalue weighted by Crippen LogP contribution is 2.26. The van der Waals surface area contributed by atoms with E-state index < -0.39 is 0 Å². The van der Waals surface area contributed by atoms with Crippen LogP contribution in [0, 0.1) is 0 Å². The monoisotopic (exact) mass is 340 g/mol. The van der Waals surface area contributed by atoms with Gasteiger partial charge < -0.3 is 19.3 Å². The van der Waals surface area contributed by atoms with Crippen molar-refractivity contribution in [1.29, 1.82) is 0 Å². The zero-order valence-electron chi connectivity index (χ0n) is 14.8. The smallest absolute Gasteiger partial charge is 0.264 e. The second-order valence-corrected chi connectivity index (χ2v) is 6.10. The SMILES string of the molecule is COc1ccccc1OCC(=O)N(C)c1ccc(N2CCCC2)cc1. The predicted molar refractivity (Wildman–Crippen MR) is 99.8 cm³/mol. The van der Waals surface area contributed by atoms with Gasteiger partial charge in [0.05, 0.1) is 7.11 Å². The molecule has 5 nitrogen and oxygen atoms in total. The number of methoxy groups -OCH3 is 1. The molecule has 0 bridgehead atoms. The van der Waals surface area contributed by atoms with Crippen LogP contribution < -0.4 is 19.3 Å². The summed E-state index contributed by atoms with van der Waals surface area (Å²) in [5, 5.41) is 0. The fourth-order valence-corrected chi connectivity index (χ4v) is 2.98. The number of hydrogen-bond donors (Lipinski definition) is 0. The maximum atomic E-state index is 12.4. The molecule has 1 heterocycles.